The van der Waals surface area contributed by atoms with E-state index in [1.165, 1.54) is 6.42 Å². The third-order valence-electron chi connectivity index (χ3n) is 3.24. The highest BCUT2D eigenvalue weighted by Crippen LogP contribution is 2.36. The first kappa shape index (κ1) is 11.0. The van der Waals surface area contributed by atoms with Gasteiger partial charge in [-0.25, -0.2) is 0 Å². The summed E-state index contributed by atoms with van der Waals surface area (Å²) in [6.45, 7) is 9.49. The number of piperidine rings is 1. The van der Waals surface area contributed by atoms with Crippen LogP contribution in [0.1, 0.15) is 33.6 Å². The zero-order valence-corrected chi connectivity index (χ0v) is 9.14. The fourth-order valence-electron chi connectivity index (χ4n) is 2.44. The number of rotatable bonds is 2. The molecule has 0 saturated carbocycles. The zero-order chi connectivity index (χ0) is 9.90. The van der Waals surface area contributed by atoms with Gasteiger partial charge in [-0.2, -0.15) is 0 Å². The minimum absolute atomic E-state index is 0.344. The van der Waals surface area contributed by atoms with Crippen molar-refractivity contribution in [2.45, 2.75) is 33.6 Å². The molecule has 0 aromatic heterocycles. The van der Waals surface area contributed by atoms with Crippen molar-refractivity contribution in [3.63, 3.8) is 0 Å². The molecule has 2 N–H and O–H groups in total. The van der Waals surface area contributed by atoms with Crippen LogP contribution in [-0.2, 0) is 0 Å². The summed E-state index contributed by atoms with van der Waals surface area (Å²) < 4.78 is 0. The molecule has 1 rings (SSSR count). The van der Waals surface area contributed by atoms with Crippen LogP contribution in [0.4, 0.5) is 0 Å². The van der Waals surface area contributed by atoms with E-state index in [2.05, 4.69) is 26.1 Å². The highest BCUT2D eigenvalue weighted by molar-refractivity contribution is 4.85. The monoisotopic (exact) mass is 185 g/mol. The Kier molecular flexibility index (Phi) is 3.74. The Morgan fingerprint density at radius 3 is 2.62 bits per heavy atom. The number of aliphatic hydroxyl groups excluding tert-OH is 1. The van der Waals surface area contributed by atoms with Gasteiger partial charge in [0, 0.05) is 6.61 Å². The van der Waals surface area contributed by atoms with Crippen molar-refractivity contribution >= 4 is 0 Å². The predicted octanol–water partition coefficient (Wildman–Crippen LogP) is 1.64. The van der Waals surface area contributed by atoms with E-state index in [0.29, 0.717) is 23.9 Å². The van der Waals surface area contributed by atoms with Crippen molar-refractivity contribution in [2.75, 3.05) is 19.7 Å². The van der Waals surface area contributed by atoms with Gasteiger partial charge in [0.15, 0.2) is 0 Å². The van der Waals surface area contributed by atoms with E-state index in [0.717, 1.165) is 19.5 Å². The van der Waals surface area contributed by atoms with Crippen LogP contribution in [0.15, 0.2) is 0 Å². The van der Waals surface area contributed by atoms with Gasteiger partial charge >= 0.3 is 0 Å². The van der Waals surface area contributed by atoms with E-state index < -0.39 is 0 Å². The highest BCUT2D eigenvalue weighted by Gasteiger charge is 2.33. The van der Waals surface area contributed by atoms with Gasteiger partial charge in [0.2, 0.25) is 0 Å². The Labute approximate surface area is 81.7 Å². The Morgan fingerprint density at radius 2 is 2.08 bits per heavy atom. The lowest BCUT2D eigenvalue weighted by molar-refractivity contribution is 0.0984. The van der Waals surface area contributed by atoms with Gasteiger partial charge in [0.25, 0.3) is 0 Å². The van der Waals surface area contributed by atoms with Crippen LogP contribution < -0.4 is 5.32 Å². The predicted molar refractivity (Wildman–Crippen MR) is 55.6 cm³/mol. The maximum absolute atomic E-state index is 8.98. The Hall–Kier alpha value is -0.0800. The van der Waals surface area contributed by atoms with E-state index in [1.807, 2.05) is 0 Å². The van der Waals surface area contributed by atoms with Crippen molar-refractivity contribution in [2.24, 2.45) is 17.3 Å². The van der Waals surface area contributed by atoms with Crippen molar-refractivity contribution in [3.05, 3.63) is 0 Å². The SMILES string of the molecule is CC(C)(C)[C@@H]1CNCC[C@@H]1CCO. The molecule has 1 aliphatic heterocycles. The summed E-state index contributed by atoms with van der Waals surface area (Å²) in [4.78, 5) is 0. The van der Waals surface area contributed by atoms with Crippen molar-refractivity contribution in [1.29, 1.82) is 0 Å². The minimum atomic E-state index is 0.344. The molecule has 2 nitrogen and oxygen atoms in total. The standard InChI is InChI=1S/C11H23NO/c1-11(2,3)10-8-12-6-4-9(10)5-7-13/h9-10,12-13H,4-8H2,1-3H3/t9-,10-/m1/s1. The molecule has 2 heteroatoms. The van der Waals surface area contributed by atoms with Gasteiger partial charge in [-0.1, -0.05) is 20.8 Å². The summed E-state index contributed by atoms with van der Waals surface area (Å²) in [6, 6.07) is 0. The first-order chi connectivity index (χ1) is 6.05. The largest absolute Gasteiger partial charge is 0.396 e. The molecule has 0 aromatic rings. The van der Waals surface area contributed by atoms with E-state index >= 15 is 0 Å². The van der Waals surface area contributed by atoms with Crippen molar-refractivity contribution < 1.29 is 5.11 Å². The van der Waals surface area contributed by atoms with Crippen LogP contribution in [0.5, 0.6) is 0 Å². The summed E-state index contributed by atoms with van der Waals surface area (Å²) in [7, 11) is 0. The van der Waals surface area contributed by atoms with Crippen molar-refractivity contribution in [1.82, 2.24) is 5.32 Å². The molecule has 0 amide bonds. The van der Waals surface area contributed by atoms with Gasteiger partial charge in [0.05, 0.1) is 0 Å². The second-order valence-electron chi connectivity index (χ2n) is 5.24. The Morgan fingerprint density at radius 1 is 1.38 bits per heavy atom. The highest BCUT2D eigenvalue weighted by atomic mass is 16.3. The maximum atomic E-state index is 8.98. The quantitative estimate of drug-likeness (QED) is 0.685. The molecule has 1 heterocycles. The maximum Gasteiger partial charge on any atom is 0.0433 e. The van der Waals surface area contributed by atoms with E-state index in [4.69, 9.17) is 5.11 Å². The molecule has 1 fully saturated rings. The van der Waals surface area contributed by atoms with E-state index in [-0.39, 0.29) is 0 Å². The van der Waals surface area contributed by atoms with Crippen LogP contribution in [0.3, 0.4) is 0 Å². The smallest absolute Gasteiger partial charge is 0.0433 e. The zero-order valence-electron chi connectivity index (χ0n) is 9.14. The average molecular weight is 185 g/mol. The molecule has 0 radical (unpaired) electrons. The molecule has 2 atom stereocenters. The normalized spacial score (nSPS) is 30.5. The Balaban J connectivity index is 2.56. The van der Waals surface area contributed by atoms with Gasteiger partial charge < -0.3 is 10.4 Å². The summed E-state index contributed by atoms with van der Waals surface area (Å²) >= 11 is 0. The third kappa shape index (κ3) is 2.96. The number of aliphatic hydroxyl groups is 1. The lowest BCUT2D eigenvalue weighted by Gasteiger charge is -2.40. The van der Waals surface area contributed by atoms with Crippen LogP contribution in [-0.4, -0.2) is 24.8 Å². The number of hydrogen-bond acceptors (Lipinski definition) is 2. The lowest BCUT2D eigenvalue weighted by Crippen LogP contribution is -2.43. The molecular formula is C11H23NO. The molecule has 0 aliphatic carbocycles. The molecule has 0 aromatic carbocycles. The molecule has 1 saturated heterocycles. The first-order valence-corrected chi connectivity index (χ1v) is 5.37. The minimum Gasteiger partial charge on any atom is -0.396 e. The second-order valence-corrected chi connectivity index (χ2v) is 5.24. The van der Waals surface area contributed by atoms with Gasteiger partial charge in [-0.05, 0) is 43.2 Å². The summed E-state index contributed by atoms with van der Waals surface area (Å²) in [6.07, 6.45) is 2.20. The van der Waals surface area contributed by atoms with Crippen molar-refractivity contribution in [3.8, 4) is 0 Å². The fraction of sp³-hybridized carbons (Fsp3) is 1.00. The molecule has 13 heavy (non-hydrogen) atoms. The molecule has 0 bridgehead atoms. The van der Waals surface area contributed by atoms with Crippen LogP contribution >= 0.6 is 0 Å². The van der Waals surface area contributed by atoms with E-state index in [1.54, 1.807) is 0 Å². The van der Waals surface area contributed by atoms with E-state index in [9.17, 15) is 0 Å². The molecule has 1 aliphatic rings. The average Bonchev–Trinajstić information content (AvgIpc) is 2.04. The second kappa shape index (κ2) is 4.43. The van der Waals surface area contributed by atoms with Gasteiger partial charge in [-0.15, -0.1) is 0 Å². The Bertz CT molecular complexity index is 149. The summed E-state index contributed by atoms with van der Waals surface area (Å²) in [5, 5.41) is 12.4. The molecule has 78 valence electrons. The molecular weight excluding hydrogens is 162 g/mol. The van der Waals surface area contributed by atoms with Crippen LogP contribution in [0.2, 0.25) is 0 Å². The molecule has 0 unspecified atom stereocenters. The fourth-order valence-corrected chi connectivity index (χ4v) is 2.44. The third-order valence-corrected chi connectivity index (χ3v) is 3.24. The first-order valence-electron chi connectivity index (χ1n) is 5.37. The van der Waals surface area contributed by atoms with Crippen LogP contribution in [0, 0.1) is 17.3 Å². The summed E-state index contributed by atoms with van der Waals surface area (Å²) in [5.41, 5.74) is 0.368. The summed E-state index contributed by atoms with van der Waals surface area (Å²) in [5.74, 6) is 1.43. The van der Waals surface area contributed by atoms with Gasteiger partial charge in [-0.3, -0.25) is 0 Å². The topological polar surface area (TPSA) is 32.3 Å². The van der Waals surface area contributed by atoms with Gasteiger partial charge in [0.1, 0.15) is 0 Å². The van der Waals surface area contributed by atoms with Crippen LogP contribution in [0.25, 0.3) is 0 Å². The lowest BCUT2D eigenvalue weighted by atomic mass is 9.69. The molecule has 0 spiro atoms. The number of nitrogens with one attached hydrogen (secondary N) is 1. The number of hydrogen-bond donors (Lipinski definition) is 2.